The monoisotopic (exact) mass is 1660 g/mol. The van der Waals surface area contributed by atoms with Crippen molar-refractivity contribution in [3.63, 3.8) is 0 Å². The molecule has 30 heteroatoms. The minimum absolute atomic E-state index is 0.0565. The number of ether oxygens (including phenoxy) is 1. The first-order chi connectivity index (χ1) is 61.8. The van der Waals surface area contributed by atoms with Crippen molar-refractivity contribution in [2.24, 2.45) is 0 Å². The average molecular weight is 1660 g/mol. The highest BCUT2D eigenvalue weighted by molar-refractivity contribution is 5.97. The molecule has 20 rings (SSSR count). The van der Waals surface area contributed by atoms with E-state index < -0.39 is 0 Å². The van der Waals surface area contributed by atoms with Crippen LogP contribution in [0.4, 0.5) is 5.69 Å². The smallest absolute Gasteiger partial charge is 0.158 e. The number of Topliss-reactive ketones (excluding diaryl/α,β-unsaturated/α-hetero) is 4. The maximum Gasteiger partial charge on any atom is 0.158 e. The number of aryl methyl sites for hydroxylation is 1. The van der Waals surface area contributed by atoms with Gasteiger partial charge < -0.3 is 32.9 Å². The largest absolute Gasteiger partial charge is 0.372 e. The molecule has 1 saturated heterocycles. The number of H-pyrrole nitrogens is 1. The van der Waals surface area contributed by atoms with Crippen molar-refractivity contribution in [1.82, 2.24) is 118 Å². The van der Waals surface area contributed by atoms with E-state index >= 15 is 0 Å². The molecule has 1 N–H and O–H groups in total. The highest BCUT2D eigenvalue weighted by Crippen LogP contribution is 2.33. The summed E-state index contributed by atoms with van der Waals surface area (Å²) in [5.41, 5.74) is 20.7. The molecular weight excluding hydrogens is 1580 g/mol. The van der Waals surface area contributed by atoms with Crippen molar-refractivity contribution in [3.05, 3.63) is 330 Å². The number of nitrogens with one attached hydrogen (secondary N) is 1. The number of rotatable bonds is 24. The normalized spacial score (nSPS) is 13.0. The summed E-state index contributed by atoms with van der Waals surface area (Å²) < 4.78 is 13.4. The van der Waals surface area contributed by atoms with Crippen LogP contribution in [-0.2, 0) is 75.8 Å². The summed E-state index contributed by atoms with van der Waals surface area (Å²) in [6.45, 7) is 8.79. The minimum atomic E-state index is 0.0565. The van der Waals surface area contributed by atoms with Gasteiger partial charge in [-0.15, -0.1) is 0 Å². The van der Waals surface area contributed by atoms with Crippen LogP contribution in [0, 0.1) is 6.92 Å². The van der Waals surface area contributed by atoms with E-state index in [0.717, 1.165) is 170 Å². The number of fused-ring (bicyclic) bond motifs is 4. The molecule has 0 aliphatic carbocycles. The number of anilines is 1. The van der Waals surface area contributed by atoms with E-state index in [2.05, 4.69) is 124 Å². The van der Waals surface area contributed by atoms with Crippen molar-refractivity contribution < 1.29 is 23.9 Å². The maximum absolute atomic E-state index is 12.8. The molecule has 20 heterocycles. The van der Waals surface area contributed by atoms with E-state index in [-0.39, 0.29) is 87.2 Å². The molecule has 30 nitrogen and oxygen atoms in total. The van der Waals surface area contributed by atoms with E-state index in [0.29, 0.717) is 0 Å². The van der Waals surface area contributed by atoms with Gasteiger partial charge in [0.25, 0.3) is 0 Å². The van der Waals surface area contributed by atoms with Crippen LogP contribution in [0.15, 0.2) is 301 Å². The van der Waals surface area contributed by atoms with Gasteiger partial charge in [0.2, 0.25) is 0 Å². The van der Waals surface area contributed by atoms with E-state index in [4.69, 9.17) is 4.74 Å². The van der Waals surface area contributed by atoms with Crippen molar-refractivity contribution in [2.75, 3.05) is 18.0 Å². The Balaban J connectivity index is 0.000000119. The fourth-order valence-corrected chi connectivity index (χ4v) is 15.1. The average Bonchev–Trinajstić information content (AvgIpc) is 1.70. The lowest BCUT2D eigenvalue weighted by molar-refractivity contribution is -0.119. The van der Waals surface area contributed by atoms with Gasteiger partial charge in [-0.25, -0.2) is 24.9 Å². The molecule has 0 spiro atoms. The molecule has 0 saturated carbocycles. The SMILES string of the molecule is CC1CN(c2ccnc3c2ccn3CC(=O)Cc2ccc(-c3cnccn3)cn2)CC(C)O1.Cc1ccc(-c2ccnc3c2ccn3CC(=O)Cc2ccc(-c3cnccn3)cn2)cn1.O=C(Cc1ccc(-c2cnccn2)cn1)Cn1ccc2c(-c3cccnc3)ccnc21.O=C(Cc1ccc(-c2cnccn2)cn1)Cn1ccc2c(-c3cnc[nH]3)ccnc21. The minimum Gasteiger partial charge on any atom is -0.372 e. The Morgan fingerprint density at radius 2 is 0.683 bits per heavy atom. The molecule has 19 aromatic heterocycles. The third kappa shape index (κ3) is 19.8. The summed E-state index contributed by atoms with van der Waals surface area (Å²) in [6.07, 6.45) is 51.7. The van der Waals surface area contributed by atoms with Gasteiger partial charge >= 0.3 is 0 Å². The van der Waals surface area contributed by atoms with Gasteiger partial charge in [0, 0.05) is 250 Å². The van der Waals surface area contributed by atoms with Gasteiger partial charge in [-0.1, -0.05) is 12.1 Å². The van der Waals surface area contributed by atoms with Crippen molar-refractivity contribution in [1.29, 1.82) is 0 Å². The van der Waals surface area contributed by atoms with Crippen LogP contribution in [0.1, 0.15) is 42.3 Å². The fourth-order valence-electron chi connectivity index (χ4n) is 15.1. The third-order valence-electron chi connectivity index (χ3n) is 21.0. The summed E-state index contributed by atoms with van der Waals surface area (Å²) in [7, 11) is 0. The number of nitrogens with zero attached hydrogens (tertiary/aromatic N) is 24. The Labute approximate surface area is 721 Å². The summed E-state index contributed by atoms with van der Waals surface area (Å²) in [6, 6.07) is 39.0. The molecular formula is C96H81N25O5. The molecule has 19 aromatic rings. The molecule has 1 aliphatic rings. The number of pyridine rings is 10. The molecule has 2 atom stereocenters. The number of ketones is 4. The Kier molecular flexibility index (Phi) is 25.1. The molecule has 2 unspecified atom stereocenters. The molecule has 0 radical (unpaired) electrons. The Morgan fingerprint density at radius 1 is 0.325 bits per heavy atom. The Bertz CT molecular complexity index is 6920. The molecule has 0 bridgehead atoms. The van der Waals surface area contributed by atoms with Crippen LogP contribution < -0.4 is 4.90 Å². The first-order valence-corrected chi connectivity index (χ1v) is 40.7. The number of carbonyl (C=O) groups is 4. The van der Waals surface area contributed by atoms with Gasteiger partial charge in [0.1, 0.15) is 22.6 Å². The lowest BCUT2D eigenvalue weighted by atomic mass is 10.1. The quantitative estimate of drug-likeness (QED) is 0.0587. The zero-order valence-corrected chi connectivity index (χ0v) is 68.8. The predicted molar refractivity (Wildman–Crippen MR) is 476 cm³/mol. The number of hydrogen-bond acceptors (Lipinski definition) is 25. The number of carbonyl (C=O) groups excluding carboxylic acids is 4. The van der Waals surface area contributed by atoms with E-state index in [9.17, 15) is 19.2 Å². The topological polar surface area (TPSA) is 361 Å². The number of aromatic nitrogens is 24. The molecule has 1 aliphatic heterocycles. The van der Waals surface area contributed by atoms with Gasteiger partial charge in [-0.05, 0) is 141 Å². The first kappa shape index (κ1) is 82.0. The van der Waals surface area contributed by atoms with Gasteiger partial charge in [0.05, 0.1) is 130 Å². The van der Waals surface area contributed by atoms with Gasteiger partial charge in [-0.2, -0.15) is 0 Å². The van der Waals surface area contributed by atoms with Crippen LogP contribution >= 0.6 is 0 Å². The zero-order valence-electron chi connectivity index (χ0n) is 68.8. The van der Waals surface area contributed by atoms with E-state index in [1.165, 1.54) is 0 Å². The predicted octanol–water partition coefficient (Wildman–Crippen LogP) is 14.2. The van der Waals surface area contributed by atoms with Crippen molar-refractivity contribution >= 4 is 73.0 Å². The van der Waals surface area contributed by atoms with Crippen molar-refractivity contribution in [2.45, 2.75) is 84.8 Å². The highest BCUT2D eigenvalue weighted by Gasteiger charge is 2.26. The molecule has 620 valence electrons. The van der Waals surface area contributed by atoms with E-state index in [1.54, 1.807) is 136 Å². The molecule has 0 aromatic carbocycles. The van der Waals surface area contributed by atoms with E-state index in [1.807, 2.05) is 184 Å². The Morgan fingerprint density at radius 3 is 1.03 bits per heavy atom. The van der Waals surface area contributed by atoms with Crippen LogP contribution in [0.5, 0.6) is 0 Å². The van der Waals surface area contributed by atoms with Gasteiger partial charge in [-0.3, -0.25) is 89.0 Å². The van der Waals surface area contributed by atoms with Crippen molar-refractivity contribution in [3.8, 4) is 78.5 Å². The van der Waals surface area contributed by atoms with Crippen LogP contribution in [0.2, 0.25) is 0 Å². The summed E-state index contributed by atoms with van der Waals surface area (Å²) in [5.74, 6) is 0.256. The van der Waals surface area contributed by atoms with Crippen LogP contribution in [-0.4, -0.2) is 166 Å². The molecule has 126 heavy (non-hydrogen) atoms. The third-order valence-corrected chi connectivity index (χ3v) is 21.0. The second kappa shape index (κ2) is 38.6. The summed E-state index contributed by atoms with van der Waals surface area (Å²) >= 11 is 0. The second-order valence-electron chi connectivity index (χ2n) is 30.1. The van der Waals surface area contributed by atoms with Gasteiger partial charge in [0.15, 0.2) is 23.1 Å². The van der Waals surface area contributed by atoms with Crippen LogP contribution in [0.25, 0.3) is 123 Å². The highest BCUT2D eigenvalue weighted by atomic mass is 16.5. The first-order valence-electron chi connectivity index (χ1n) is 40.7. The fraction of sp³-hybridized carbons (Fsp3) is 0.156. The zero-order chi connectivity index (χ0) is 86.1. The number of morpholine rings is 1. The lowest BCUT2D eigenvalue weighted by Crippen LogP contribution is -2.45. The molecule has 0 amide bonds. The number of aromatic amines is 1. The standard InChI is InChI=1S/C25H26N6O2.C25H20N6O.C24H18N6O.C22H17N7O/c1-17-14-31(15-18(2)33-17)24-5-7-28-25-22(24)6-10-30(25)16-21(32)11-20-4-3-19(12-29-20)23-13-26-8-9-27-23;1-17-2-3-18(13-29-17)22-6-8-28-25-23(22)7-11-31(25)16-21(32)12-20-5-4-19(14-30-20)24-15-26-9-10-27-24;31-20(12-19-4-3-18(14-29-19)23-15-26-9-10-27-23)16-30-11-6-22-21(5-8-28-24(22)30)17-2-1-7-25-13-17;30-17(9-16-2-1-15(10-27-16)20-11-23-6-7-25-20)13-29-8-4-19-18(3-5-26-22(19)29)21-12-24-14-28-21/h3-10,12-13,17-18H,11,14-16H2,1-2H3;2-11,13-15H,12,16H2,1H3;1-11,13-15H,12,16H2;1-8,10-12,14H,9,13H2,(H,24,28). The maximum atomic E-state index is 12.8. The summed E-state index contributed by atoms with van der Waals surface area (Å²) in [5, 5.41) is 4.02. The summed E-state index contributed by atoms with van der Waals surface area (Å²) in [4.78, 5) is 138. The number of imidazole rings is 1. The lowest BCUT2D eigenvalue weighted by Gasteiger charge is -2.37. The Hall–Kier alpha value is -16.4. The number of hydrogen-bond donors (Lipinski definition) is 1. The second-order valence-corrected chi connectivity index (χ2v) is 30.1. The van der Waals surface area contributed by atoms with Crippen LogP contribution in [0.3, 0.4) is 0 Å². The molecule has 1 fully saturated rings.